The molecule has 2 amide bonds. The minimum absolute atomic E-state index is 0.114. The molecule has 0 spiro atoms. The van der Waals surface area contributed by atoms with Crippen LogP contribution in [-0.2, 0) is 4.79 Å². The number of likely N-dealkylation sites (N-methyl/N-ethyl adjacent to an activating group) is 1. The lowest BCUT2D eigenvalue weighted by Gasteiger charge is -2.29. The number of nitrogens with zero attached hydrogens (tertiary/aromatic N) is 3. The lowest BCUT2D eigenvalue weighted by atomic mass is 10.2. The SMILES string of the molecule is CCN(CC)C1CCN(C(=O)N2CSCC2C(=O)O)C1. The number of aliphatic carboxylic acids is 1. The maximum atomic E-state index is 12.5. The molecule has 114 valence electrons. The van der Waals surface area contributed by atoms with Crippen LogP contribution >= 0.6 is 11.8 Å². The van der Waals surface area contributed by atoms with Crippen molar-refractivity contribution in [1.29, 1.82) is 0 Å². The molecule has 0 aromatic heterocycles. The summed E-state index contributed by atoms with van der Waals surface area (Å²) < 4.78 is 0. The highest BCUT2D eigenvalue weighted by Crippen LogP contribution is 2.25. The van der Waals surface area contributed by atoms with Crippen LogP contribution in [0.1, 0.15) is 20.3 Å². The summed E-state index contributed by atoms with van der Waals surface area (Å²) in [6.07, 6.45) is 0.978. The second-order valence-electron chi connectivity index (χ2n) is 5.22. The van der Waals surface area contributed by atoms with E-state index in [1.165, 1.54) is 16.7 Å². The third-order valence-corrected chi connectivity index (χ3v) is 5.19. The maximum Gasteiger partial charge on any atom is 0.327 e. The number of likely N-dealkylation sites (tertiary alicyclic amines) is 1. The Morgan fingerprint density at radius 1 is 1.35 bits per heavy atom. The van der Waals surface area contributed by atoms with E-state index in [0.29, 0.717) is 24.2 Å². The van der Waals surface area contributed by atoms with E-state index in [1.807, 2.05) is 4.90 Å². The monoisotopic (exact) mass is 301 g/mol. The highest BCUT2D eigenvalue weighted by molar-refractivity contribution is 7.99. The van der Waals surface area contributed by atoms with Gasteiger partial charge in [-0.25, -0.2) is 9.59 Å². The fraction of sp³-hybridized carbons (Fsp3) is 0.846. The maximum absolute atomic E-state index is 12.5. The van der Waals surface area contributed by atoms with Crippen molar-refractivity contribution in [3.63, 3.8) is 0 Å². The molecule has 1 N–H and O–H groups in total. The molecular weight excluding hydrogens is 278 g/mol. The van der Waals surface area contributed by atoms with E-state index in [4.69, 9.17) is 5.11 Å². The van der Waals surface area contributed by atoms with Gasteiger partial charge in [0.25, 0.3) is 0 Å². The molecule has 2 aliphatic heterocycles. The Balaban J connectivity index is 1.96. The van der Waals surface area contributed by atoms with E-state index in [2.05, 4.69) is 18.7 Å². The number of carbonyl (C=O) groups is 2. The molecule has 0 radical (unpaired) electrons. The first kappa shape index (κ1) is 15.4. The van der Waals surface area contributed by atoms with E-state index in [-0.39, 0.29) is 6.03 Å². The molecule has 2 rings (SSSR count). The zero-order valence-electron chi connectivity index (χ0n) is 12.1. The molecule has 2 saturated heterocycles. The average Bonchev–Trinajstić information content (AvgIpc) is 3.08. The van der Waals surface area contributed by atoms with Crippen molar-refractivity contribution >= 4 is 23.8 Å². The zero-order valence-corrected chi connectivity index (χ0v) is 12.9. The molecule has 2 heterocycles. The zero-order chi connectivity index (χ0) is 14.7. The molecular formula is C13H23N3O3S. The Hall–Kier alpha value is -0.950. The molecule has 2 unspecified atom stereocenters. The number of hydrogen-bond donors (Lipinski definition) is 1. The van der Waals surface area contributed by atoms with E-state index in [9.17, 15) is 9.59 Å². The number of carboxylic acids is 1. The predicted molar refractivity (Wildman–Crippen MR) is 78.9 cm³/mol. The quantitative estimate of drug-likeness (QED) is 0.838. The topological polar surface area (TPSA) is 64.1 Å². The third kappa shape index (κ3) is 3.03. The second-order valence-corrected chi connectivity index (χ2v) is 6.22. The highest BCUT2D eigenvalue weighted by atomic mass is 32.2. The molecule has 2 fully saturated rings. The van der Waals surface area contributed by atoms with Gasteiger partial charge in [0, 0.05) is 24.9 Å². The van der Waals surface area contributed by atoms with Crippen LogP contribution in [0.3, 0.4) is 0 Å². The Morgan fingerprint density at radius 3 is 2.65 bits per heavy atom. The van der Waals surface area contributed by atoms with Gasteiger partial charge >= 0.3 is 12.0 Å². The van der Waals surface area contributed by atoms with Crippen molar-refractivity contribution in [2.24, 2.45) is 0 Å². The second kappa shape index (κ2) is 6.67. The van der Waals surface area contributed by atoms with Gasteiger partial charge in [0.1, 0.15) is 6.04 Å². The molecule has 0 bridgehead atoms. The third-order valence-electron chi connectivity index (χ3n) is 4.18. The summed E-state index contributed by atoms with van der Waals surface area (Å²) in [4.78, 5) is 29.3. The van der Waals surface area contributed by atoms with Gasteiger partial charge in [-0.05, 0) is 19.5 Å². The van der Waals surface area contributed by atoms with Crippen molar-refractivity contribution in [2.75, 3.05) is 37.8 Å². The van der Waals surface area contributed by atoms with Crippen LogP contribution in [0, 0.1) is 0 Å². The standard InChI is InChI=1S/C13H23N3O3S/c1-3-14(4-2)10-5-6-15(7-10)13(19)16-9-20-8-11(16)12(17)18/h10-11H,3-9H2,1-2H3,(H,17,18). The number of carboxylic acid groups (broad SMARTS) is 1. The summed E-state index contributed by atoms with van der Waals surface area (Å²) in [7, 11) is 0. The molecule has 2 aliphatic rings. The lowest BCUT2D eigenvalue weighted by molar-refractivity contribution is -0.140. The minimum atomic E-state index is -0.900. The van der Waals surface area contributed by atoms with Gasteiger partial charge in [0.15, 0.2) is 0 Å². The van der Waals surface area contributed by atoms with Crippen LogP contribution < -0.4 is 0 Å². The Bertz CT molecular complexity index is 376. The van der Waals surface area contributed by atoms with E-state index < -0.39 is 12.0 Å². The van der Waals surface area contributed by atoms with Crippen molar-refractivity contribution < 1.29 is 14.7 Å². The van der Waals surface area contributed by atoms with Crippen LogP contribution in [0.25, 0.3) is 0 Å². The smallest absolute Gasteiger partial charge is 0.327 e. The van der Waals surface area contributed by atoms with Crippen LogP contribution in [0.4, 0.5) is 4.79 Å². The lowest BCUT2D eigenvalue weighted by Crippen LogP contribution is -2.49. The van der Waals surface area contributed by atoms with E-state index in [0.717, 1.165) is 26.1 Å². The van der Waals surface area contributed by atoms with Gasteiger partial charge in [0.2, 0.25) is 0 Å². The van der Waals surface area contributed by atoms with Crippen molar-refractivity contribution in [1.82, 2.24) is 14.7 Å². The fourth-order valence-electron chi connectivity index (χ4n) is 2.97. The number of thioether (sulfide) groups is 1. The van der Waals surface area contributed by atoms with E-state index in [1.54, 1.807) is 0 Å². The molecule has 20 heavy (non-hydrogen) atoms. The molecule has 6 nitrogen and oxygen atoms in total. The van der Waals surface area contributed by atoms with Gasteiger partial charge in [-0.1, -0.05) is 13.8 Å². The Labute approximate surface area is 124 Å². The molecule has 2 atom stereocenters. The summed E-state index contributed by atoms with van der Waals surface area (Å²) in [5.41, 5.74) is 0. The van der Waals surface area contributed by atoms with Crippen LogP contribution in [-0.4, -0.2) is 81.7 Å². The summed E-state index contributed by atoms with van der Waals surface area (Å²) in [6.45, 7) is 7.68. The Morgan fingerprint density at radius 2 is 2.05 bits per heavy atom. The first-order valence-electron chi connectivity index (χ1n) is 7.18. The number of rotatable bonds is 4. The van der Waals surface area contributed by atoms with E-state index >= 15 is 0 Å². The number of carbonyl (C=O) groups excluding carboxylic acids is 1. The van der Waals surface area contributed by atoms with Gasteiger partial charge in [-0.15, -0.1) is 11.8 Å². The van der Waals surface area contributed by atoms with Crippen molar-refractivity contribution in [3.8, 4) is 0 Å². The van der Waals surface area contributed by atoms with Gasteiger partial charge in [-0.2, -0.15) is 0 Å². The summed E-state index contributed by atoms with van der Waals surface area (Å²) >= 11 is 1.51. The molecule has 0 aliphatic carbocycles. The molecule has 0 aromatic rings. The highest BCUT2D eigenvalue weighted by Gasteiger charge is 2.39. The summed E-state index contributed by atoms with van der Waals surface area (Å²) in [5.74, 6) is 0.0826. The predicted octanol–water partition coefficient (Wildman–Crippen LogP) is 0.982. The largest absolute Gasteiger partial charge is 0.480 e. The van der Waals surface area contributed by atoms with Crippen molar-refractivity contribution in [2.45, 2.75) is 32.4 Å². The van der Waals surface area contributed by atoms with Crippen LogP contribution in [0.5, 0.6) is 0 Å². The van der Waals surface area contributed by atoms with Crippen molar-refractivity contribution in [3.05, 3.63) is 0 Å². The number of amides is 2. The number of urea groups is 1. The van der Waals surface area contributed by atoms with Gasteiger partial charge < -0.3 is 14.9 Å². The number of hydrogen-bond acceptors (Lipinski definition) is 4. The van der Waals surface area contributed by atoms with Crippen LogP contribution in [0.15, 0.2) is 0 Å². The molecule has 0 saturated carbocycles. The fourth-order valence-corrected chi connectivity index (χ4v) is 4.11. The summed E-state index contributed by atoms with van der Waals surface area (Å²) in [5, 5.41) is 9.16. The molecule has 0 aromatic carbocycles. The average molecular weight is 301 g/mol. The normalized spacial score (nSPS) is 26.6. The Kier molecular flexibility index (Phi) is 5.15. The van der Waals surface area contributed by atoms with Crippen LogP contribution in [0.2, 0.25) is 0 Å². The minimum Gasteiger partial charge on any atom is -0.480 e. The molecule has 7 heteroatoms. The van der Waals surface area contributed by atoms with Gasteiger partial charge in [-0.3, -0.25) is 4.90 Å². The van der Waals surface area contributed by atoms with Gasteiger partial charge in [0.05, 0.1) is 5.88 Å². The summed E-state index contributed by atoms with van der Waals surface area (Å²) in [6, 6.07) is -0.371. The first-order chi connectivity index (χ1) is 9.58. The first-order valence-corrected chi connectivity index (χ1v) is 8.34.